The molecule has 2 saturated heterocycles. The fourth-order valence-electron chi connectivity index (χ4n) is 3.16. The quantitative estimate of drug-likeness (QED) is 0.839. The molecule has 3 rings (SSSR count). The molecule has 1 N–H and O–H groups in total. The summed E-state index contributed by atoms with van der Waals surface area (Å²) in [5, 5.41) is 13.3. The van der Waals surface area contributed by atoms with E-state index in [-0.39, 0.29) is 24.0 Å². The summed E-state index contributed by atoms with van der Waals surface area (Å²) >= 11 is 0. The molecule has 0 aliphatic carbocycles. The van der Waals surface area contributed by atoms with Gasteiger partial charge in [0, 0.05) is 24.4 Å². The topological polar surface area (TPSA) is 92.9 Å². The second-order valence-electron chi connectivity index (χ2n) is 5.68. The molecule has 2 atom stereocenters. The summed E-state index contributed by atoms with van der Waals surface area (Å²) in [5.74, 6) is 0.344. The number of aliphatic hydroxyl groups is 1. The van der Waals surface area contributed by atoms with Crippen LogP contribution in [0.3, 0.4) is 0 Å². The molecule has 1 aromatic heterocycles. The maximum absolute atomic E-state index is 12.7. The Morgan fingerprint density at radius 2 is 2.25 bits per heavy atom. The maximum atomic E-state index is 12.7. The van der Waals surface area contributed by atoms with Gasteiger partial charge in [0.25, 0.3) is 0 Å². The van der Waals surface area contributed by atoms with Crippen molar-refractivity contribution < 1.29 is 22.8 Å². The second kappa shape index (κ2) is 4.52. The van der Waals surface area contributed by atoms with Crippen LogP contribution in [0.5, 0.6) is 0 Å². The Balaban J connectivity index is 1.95. The van der Waals surface area contributed by atoms with E-state index in [1.54, 1.807) is 13.8 Å². The maximum Gasteiger partial charge on any atom is 0.248 e. The van der Waals surface area contributed by atoms with Crippen LogP contribution in [0.1, 0.15) is 11.5 Å². The second-order valence-corrected chi connectivity index (χ2v) is 7.56. The van der Waals surface area contributed by atoms with Crippen LogP contribution < -0.4 is 0 Å². The molecule has 1 aromatic rings. The van der Waals surface area contributed by atoms with Crippen molar-refractivity contribution in [3.05, 3.63) is 11.5 Å². The van der Waals surface area contributed by atoms with E-state index < -0.39 is 15.4 Å². The van der Waals surface area contributed by atoms with Gasteiger partial charge in [-0.3, -0.25) is 0 Å². The van der Waals surface area contributed by atoms with Gasteiger partial charge < -0.3 is 14.4 Å². The summed E-state index contributed by atoms with van der Waals surface area (Å²) in [7, 11) is -3.64. The number of aliphatic hydroxyl groups excluding tert-OH is 1. The molecule has 7 nitrogen and oxygen atoms in total. The number of sulfonamides is 1. The van der Waals surface area contributed by atoms with E-state index in [9.17, 15) is 13.5 Å². The van der Waals surface area contributed by atoms with Gasteiger partial charge in [0.1, 0.15) is 10.6 Å². The molecular weight excluding hydrogens is 284 g/mol. The van der Waals surface area contributed by atoms with Gasteiger partial charge in [-0.05, 0) is 13.8 Å². The van der Waals surface area contributed by atoms with Crippen molar-refractivity contribution in [3.8, 4) is 0 Å². The molecule has 0 spiro atoms. The van der Waals surface area contributed by atoms with Crippen molar-refractivity contribution in [2.75, 3.05) is 32.9 Å². The van der Waals surface area contributed by atoms with Gasteiger partial charge in [0.15, 0.2) is 5.76 Å². The Kier molecular flexibility index (Phi) is 3.16. The Bertz CT molecular complexity index is 606. The van der Waals surface area contributed by atoms with Gasteiger partial charge in [-0.25, -0.2) is 8.42 Å². The van der Waals surface area contributed by atoms with E-state index in [0.717, 1.165) is 0 Å². The van der Waals surface area contributed by atoms with Crippen molar-refractivity contribution in [1.29, 1.82) is 0 Å². The number of fused-ring (bicyclic) bond motifs is 1. The summed E-state index contributed by atoms with van der Waals surface area (Å²) in [4.78, 5) is 0.145. The molecule has 0 radical (unpaired) electrons. The Morgan fingerprint density at radius 1 is 1.50 bits per heavy atom. The molecule has 2 aliphatic rings. The van der Waals surface area contributed by atoms with Gasteiger partial charge in [0.2, 0.25) is 10.0 Å². The molecule has 112 valence electrons. The highest BCUT2D eigenvalue weighted by Crippen LogP contribution is 2.43. The highest BCUT2D eigenvalue weighted by Gasteiger charge is 2.53. The van der Waals surface area contributed by atoms with Crippen LogP contribution in [0, 0.1) is 25.2 Å². The van der Waals surface area contributed by atoms with E-state index in [1.807, 2.05) is 0 Å². The van der Waals surface area contributed by atoms with Crippen molar-refractivity contribution in [3.63, 3.8) is 0 Å². The minimum absolute atomic E-state index is 0.0442. The highest BCUT2D eigenvalue weighted by atomic mass is 32.2. The molecule has 8 heteroatoms. The predicted octanol–water partition coefficient (Wildman–Crippen LogP) is -0.0792. The zero-order valence-corrected chi connectivity index (χ0v) is 12.3. The van der Waals surface area contributed by atoms with Crippen molar-refractivity contribution in [1.82, 2.24) is 9.46 Å². The number of aromatic nitrogens is 1. The first-order valence-corrected chi connectivity index (χ1v) is 7.96. The Morgan fingerprint density at radius 3 is 2.80 bits per heavy atom. The molecule has 0 unspecified atom stereocenters. The lowest BCUT2D eigenvalue weighted by atomic mass is 9.82. The summed E-state index contributed by atoms with van der Waals surface area (Å²) < 4.78 is 37.2. The lowest BCUT2D eigenvalue weighted by molar-refractivity contribution is 0.0905. The summed E-state index contributed by atoms with van der Waals surface area (Å²) in [6.07, 6.45) is 0. The van der Waals surface area contributed by atoms with Crippen molar-refractivity contribution in [2.24, 2.45) is 11.3 Å². The monoisotopic (exact) mass is 302 g/mol. The van der Waals surface area contributed by atoms with Gasteiger partial charge in [-0.15, -0.1) is 0 Å². The number of hydrogen-bond donors (Lipinski definition) is 1. The zero-order valence-electron chi connectivity index (χ0n) is 11.5. The first-order valence-electron chi connectivity index (χ1n) is 6.52. The molecule has 2 aliphatic heterocycles. The highest BCUT2D eigenvalue weighted by molar-refractivity contribution is 7.89. The molecule has 0 aromatic carbocycles. The smallest absolute Gasteiger partial charge is 0.248 e. The van der Waals surface area contributed by atoms with Gasteiger partial charge in [-0.2, -0.15) is 4.31 Å². The van der Waals surface area contributed by atoms with Crippen LogP contribution in [0.25, 0.3) is 0 Å². The molecule has 0 bridgehead atoms. The van der Waals surface area contributed by atoms with Crippen molar-refractivity contribution in [2.45, 2.75) is 18.7 Å². The third kappa shape index (κ3) is 1.82. The van der Waals surface area contributed by atoms with Crippen LogP contribution in [-0.2, 0) is 14.8 Å². The average molecular weight is 302 g/mol. The minimum atomic E-state index is -3.64. The number of ether oxygens (including phenoxy) is 1. The zero-order chi connectivity index (χ0) is 14.5. The summed E-state index contributed by atoms with van der Waals surface area (Å²) in [6, 6.07) is 0. The van der Waals surface area contributed by atoms with E-state index in [2.05, 4.69) is 5.16 Å². The predicted molar refractivity (Wildman–Crippen MR) is 68.6 cm³/mol. The number of rotatable bonds is 3. The number of hydrogen-bond acceptors (Lipinski definition) is 6. The Labute approximate surface area is 117 Å². The summed E-state index contributed by atoms with van der Waals surface area (Å²) in [6.45, 7) is 4.69. The van der Waals surface area contributed by atoms with Crippen LogP contribution in [-0.4, -0.2) is 55.9 Å². The van der Waals surface area contributed by atoms with Crippen LogP contribution in [0.2, 0.25) is 0 Å². The van der Waals surface area contributed by atoms with E-state index in [4.69, 9.17) is 9.26 Å². The molecule has 20 heavy (non-hydrogen) atoms. The fraction of sp³-hybridized carbons (Fsp3) is 0.750. The lowest BCUT2D eigenvalue weighted by Gasteiger charge is -2.24. The fourth-order valence-corrected chi connectivity index (χ4v) is 5.03. The third-order valence-corrected chi connectivity index (χ3v) is 6.43. The molecule has 0 saturated carbocycles. The largest absolute Gasteiger partial charge is 0.396 e. The third-order valence-electron chi connectivity index (χ3n) is 4.37. The first kappa shape index (κ1) is 14.0. The normalized spacial score (nSPS) is 30.9. The van der Waals surface area contributed by atoms with Crippen molar-refractivity contribution >= 4 is 10.0 Å². The average Bonchev–Trinajstić information content (AvgIpc) is 3.01. The van der Waals surface area contributed by atoms with E-state index in [0.29, 0.717) is 31.2 Å². The number of aryl methyl sites for hydroxylation is 2. The Hall–Kier alpha value is -0.960. The number of nitrogens with zero attached hydrogens (tertiary/aromatic N) is 2. The molecule has 2 fully saturated rings. The van der Waals surface area contributed by atoms with Crippen LogP contribution in [0.4, 0.5) is 0 Å². The first-order chi connectivity index (χ1) is 9.40. The SMILES string of the molecule is Cc1noc(C)c1S(=O)(=O)N1C[C@H]2COC[C@@]2(CO)C1. The van der Waals surface area contributed by atoms with E-state index >= 15 is 0 Å². The molecular formula is C12H18N2O5S. The van der Waals surface area contributed by atoms with Crippen LogP contribution >= 0.6 is 0 Å². The standard InChI is InChI=1S/C12H18N2O5S/c1-8-11(9(2)19-13-8)20(16,17)14-3-10-4-18-7-12(10,5-14)6-15/h10,15H,3-7H2,1-2H3/t10-,12-/m0/s1. The molecule has 0 amide bonds. The van der Waals surface area contributed by atoms with Gasteiger partial charge in [0.05, 0.1) is 19.8 Å². The van der Waals surface area contributed by atoms with Gasteiger partial charge in [-0.1, -0.05) is 5.16 Å². The van der Waals surface area contributed by atoms with Crippen LogP contribution in [0.15, 0.2) is 9.42 Å². The van der Waals surface area contributed by atoms with Gasteiger partial charge >= 0.3 is 0 Å². The summed E-state index contributed by atoms with van der Waals surface area (Å²) in [5.41, 5.74) is -0.0969. The minimum Gasteiger partial charge on any atom is -0.396 e. The lowest BCUT2D eigenvalue weighted by Crippen LogP contribution is -2.36. The van der Waals surface area contributed by atoms with E-state index in [1.165, 1.54) is 4.31 Å². The molecule has 3 heterocycles.